The molecular formula is C19H16N2O3. The van der Waals surface area contributed by atoms with Gasteiger partial charge in [0.2, 0.25) is 5.91 Å². The highest BCUT2D eigenvalue weighted by Crippen LogP contribution is 2.11. The second kappa shape index (κ2) is 8.30. The smallest absolute Gasteiger partial charge is 0.355 e. The van der Waals surface area contributed by atoms with Crippen LogP contribution in [0.15, 0.2) is 60.3 Å². The predicted octanol–water partition coefficient (Wildman–Crippen LogP) is 2.78. The van der Waals surface area contributed by atoms with Crippen LogP contribution in [-0.4, -0.2) is 11.9 Å². The summed E-state index contributed by atoms with van der Waals surface area (Å²) in [4.78, 5) is 23.6. The number of nitrogens with one attached hydrogen (secondary N) is 1. The molecule has 0 unspecified atom stereocenters. The number of nitriles is 1. The molecule has 0 heterocycles. The fourth-order valence-electron chi connectivity index (χ4n) is 2.03. The highest BCUT2D eigenvalue weighted by Gasteiger charge is 2.14. The summed E-state index contributed by atoms with van der Waals surface area (Å²) >= 11 is 0. The summed E-state index contributed by atoms with van der Waals surface area (Å²) in [6.07, 6.45) is 1.54. The molecule has 0 aliphatic heterocycles. The van der Waals surface area contributed by atoms with Crippen LogP contribution >= 0.6 is 0 Å². The van der Waals surface area contributed by atoms with Gasteiger partial charge in [0.05, 0.1) is 11.6 Å². The Balaban J connectivity index is 2.15. The predicted molar refractivity (Wildman–Crippen MR) is 89.2 cm³/mol. The van der Waals surface area contributed by atoms with Crippen molar-refractivity contribution in [1.82, 2.24) is 5.32 Å². The first-order valence-corrected chi connectivity index (χ1v) is 7.29. The van der Waals surface area contributed by atoms with Gasteiger partial charge in [0, 0.05) is 12.5 Å². The molecule has 0 fully saturated rings. The van der Waals surface area contributed by atoms with Gasteiger partial charge in [0.1, 0.15) is 12.3 Å². The van der Waals surface area contributed by atoms with Crippen molar-refractivity contribution >= 4 is 18.0 Å². The molecule has 0 atom stereocenters. The number of benzene rings is 2. The Bertz CT molecular complexity index is 805. The summed E-state index contributed by atoms with van der Waals surface area (Å²) < 4.78 is 5.23. The van der Waals surface area contributed by atoms with Crippen molar-refractivity contribution in [3.8, 4) is 6.07 Å². The van der Waals surface area contributed by atoms with Crippen molar-refractivity contribution in [2.75, 3.05) is 0 Å². The number of carbonyl (C=O) groups excluding carboxylic acids is 2. The summed E-state index contributed by atoms with van der Waals surface area (Å²) in [5.74, 6) is -1.03. The van der Waals surface area contributed by atoms with Gasteiger partial charge < -0.3 is 10.1 Å². The zero-order valence-corrected chi connectivity index (χ0v) is 13.2. The van der Waals surface area contributed by atoms with Gasteiger partial charge in [-0.3, -0.25) is 4.79 Å². The van der Waals surface area contributed by atoms with E-state index in [0.29, 0.717) is 11.1 Å². The summed E-state index contributed by atoms with van der Waals surface area (Å²) in [5, 5.41) is 11.5. The molecule has 1 amide bonds. The zero-order valence-electron chi connectivity index (χ0n) is 13.2. The second-order valence-electron chi connectivity index (χ2n) is 4.99. The Labute approximate surface area is 140 Å². The number of rotatable bonds is 5. The molecule has 2 aromatic rings. The lowest BCUT2D eigenvalue weighted by atomic mass is 10.1. The summed E-state index contributed by atoms with van der Waals surface area (Å²) in [6, 6.07) is 18.0. The first-order chi connectivity index (χ1) is 11.6. The van der Waals surface area contributed by atoms with Crippen LogP contribution in [0.5, 0.6) is 0 Å². The molecule has 2 rings (SSSR count). The molecule has 0 aliphatic carbocycles. The molecule has 120 valence electrons. The first-order valence-electron chi connectivity index (χ1n) is 7.29. The molecule has 1 N–H and O–H groups in total. The molecular weight excluding hydrogens is 304 g/mol. The number of amides is 1. The highest BCUT2D eigenvalue weighted by molar-refractivity contribution is 5.97. The van der Waals surface area contributed by atoms with Crippen molar-refractivity contribution in [2.24, 2.45) is 0 Å². The molecule has 0 saturated heterocycles. The standard InChI is InChI=1S/C19H16N2O3/c1-14(22)21-18(11-15-7-3-2-4-8-15)19(23)24-13-17-10-6-5-9-16(17)12-20/h2-11H,13H2,1H3,(H,21,22)/b18-11-. The third-order valence-electron chi connectivity index (χ3n) is 3.14. The van der Waals surface area contributed by atoms with Gasteiger partial charge in [-0.05, 0) is 17.7 Å². The Morgan fingerprint density at radius 3 is 2.46 bits per heavy atom. The summed E-state index contributed by atoms with van der Waals surface area (Å²) in [6.45, 7) is 1.27. The number of nitrogens with zero attached hydrogens (tertiary/aromatic N) is 1. The van der Waals surface area contributed by atoms with E-state index in [1.54, 1.807) is 42.5 Å². The van der Waals surface area contributed by atoms with Gasteiger partial charge in [-0.15, -0.1) is 0 Å². The molecule has 5 nitrogen and oxygen atoms in total. The molecule has 2 aromatic carbocycles. The van der Waals surface area contributed by atoms with Crippen LogP contribution in [-0.2, 0) is 20.9 Å². The van der Waals surface area contributed by atoms with Gasteiger partial charge >= 0.3 is 5.97 Å². The largest absolute Gasteiger partial charge is 0.456 e. The number of esters is 1. The quantitative estimate of drug-likeness (QED) is 0.678. The van der Waals surface area contributed by atoms with E-state index in [1.807, 2.05) is 24.3 Å². The van der Waals surface area contributed by atoms with Gasteiger partial charge in [-0.1, -0.05) is 48.5 Å². The fraction of sp³-hybridized carbons (Fsp3) is 0.105. The normalized spacial score (nSPS) is 10.6. The highest BCUT2D eigenvalue weighted by atomic mass is 16.5. The van der Waals surface area contributed by atoms with Crippen molar-refractivity contribution < 1.29 is 14.3 Å². The topological polar surface area (TPSA) is 79.2 Å². The molecule has 0 saturated carbocycles. The summed E-state index contributed by atoms with van der Waals surface area (Å²) in [7, 11) is 0. The van der Waals surface area contributed by atoms with E-state index in [9.17, 15) is 9.59 Å². The third kappa shape index (κ3) is 4.82. The molecule has 0 bridgehead atoms. The Morgan fingerprint density at radius 1 is 1.12 bits per heavy atom. The van der Waals surface area contributed by atoms with Crippen LogP contribution in [0.3, 0.4) is 0 Å². The minimum absolute atomic E-state index is 0.0446. The molecule has 0 spiro atoms. The fourth-order valence-corrected chi connectivity index (χ4v) is 2.03. The van der Waals surface area contributed by atoms with E-state index in [-0.39, 0.29) is 18.2 Å². The number of hydrogen-bond donors (Lipinski definition) is 1. The van der Waals surface area contributed by atoms with Crippen LogP contribution in [0, 0.1) is 11.3 Å². The minimum atomic E-state index is -0.665. The monoisotopic (exact) mass is 320 g/mol. The Kier molecular flexibility index (Phi) is 5.87. The molecule has 24 heavy (non-hydrogen) atoms. The number of carbonyl (C=O) groups is 2. The van der Waals surface area contributed by atoms with Crippen molar-refractivity contribution in [3.05, 3.63) is 77.0 Å². The zero-order chi connectivity index (χ0) is 17.4. The summed E-state index contributed by atoms with van der Waals surface area (Å²) in [5.41, 5.74) is 1.85. The van der Waals surface area contributed by atoms with Gasteiger partial charge in [0.15, 0.2) is 0 Å². The van der Waals surface area contributed by atoms with Crippen LogP contribution in [0.1, 0.15) is 23.6 Å². The van der Waals surface area contributed by atoms with E-state index in [4.69, 9.17) is 10.00 Å². The molecule has 5 heteroatoms. The first kappa shape index (κ1) is 17.0. The Hall–Kier alpha value is -3.39. The van der Waals surface area contributed by atoms with Gasteiger partial charge in [-0.2, -0.15) is 5.26 Å². The third-order valence-corrected chi connectivity index (χ3v) is 3.14. The molecule has 0 aromatic heterocycles. The van der Waals surface area contributed by atoms with Gasteiger partial charge in [0.25, 0.3) is 0 Å². The lowest BCUT2D eigenvalue weighted by molar-refractivity contribution is -0.141. The molecule has 0 aliphatic rings. The lowest BCUT2D eigenvalue weighted by Crippen LogP contribution is -2.26. The van der Waals surface area contributed by atoms with Crippen LogP contribution in [0.2, 0.25) is 0 Å². The van der Waals surface area contributed by atoms with E-state index >= 15 is 0 Å². The average molecular weight is 320 g/mol. The lowest BCUT2D eigenvalue weighted by Gasteiger charge is -2.10. The average Bonchev–Trinajstić information content (AvgIpc) is 2.60. The minimum Gasteiger partial charge on any atom is -0.456 e. The maximum atomic E-state index is 12.3. The maximum Gasteiger partial charge on any atom is 0.355 e. The van der Waals surface area contributed by atoms with E-state index in [0.717, 1.165) is 5.56 Å². The van der Waals surface area contributed by atoms with E-state index in [1.165, 1.54) is 6.92 Å². The van der Waals surface area contributed by atoms with Crippen LogP contribution in [0.4, 0.5) is 0 Å². The van der Waals surface area contributed by atoms with Crippen molar-refractivity contribution in [2.45, 2.75) is 13.5 Å². The Morgan fingerprint density at radius 2 is 1.79 bits per heavy atom. The second-order valence-corrected chi connectivity index (χ2v) is 4.99. The van der Waals surface area contributed by atoms with Crippen LogP contribution in [0.25, 0.3) is 6.08 Å². The van der Waals surface area contributed by atoms with E-state index < -0.39 is 5.97 Å². The van der Waals surface area contributed by atoms with Gasteiger partial charge in [-0.25, -0.2) is 4.79 Å². The SMILES string of the molecule is CC(=O)N/C(=C\c1ccccc1)C(=O)OCc1ccccc1C#N. The van der Waals surface area contributed by atoms with Crippen molar-refractivity contribution in [3.63, 3.8) is 0 Å². The number of ether oxygens (including phenoxy) is 1. The van der Waals surface area contributed by atoms with Crippen molar-refractivity contribution in [1.29, 1.82) is 5.26 Å². The molecule has 0 radical (unpaired) electrons. The number of hydrogen-bond acceptors (Lipinski definition) is 4. The van der Waals surface area contributed by atoms with Crippen LogP contribution < -0.4 is 5.32 Å². The maximum absolute atomic E-state index is 12.3. The van der Waals surface area contributed by atoms with E-state index in [2.05, 4.69) is 5.32 Å².